The number of benzene rings is 1. The molecule has 0 radical (unpaired) electrons. The van der Waals surface area contributed by atoms with Gasteiger partial charge in [0.1, 0.15) is 24.9 Å². The van der Waals surface area contributed by atoms with Gasteiger partial charge in [-0.15, -0.1) is 0 Å². The van der Waals surface area contributed by atoms with Crippen LogP contribution in [0.25, 0.3) is 12.2 Å². The zero-order chi connectivity index (χ0) is 23.1. The quantitative estimate of drug-likeness (QED) is 0.342. The molecule has 2 aromatic rings. The Hall–Kier alpha value is -1.84. The zero-order valence-corrected chi connectivity index (χ0v) is 21.2. The smallest absolute Gasteiger partial charge is 0.141 e. The van der Waals surface area contributed by atoms with Gasteiger partial charge in [-0.3, -0.25) is 0 Å². The lowest BCUT2D eigenvalue weighted by Crippen LogP contribution is -2.42. The molecule has 1 unspecified atom stereocenters. The van der Waals surface area contributed by atoms with E-state index in [1.807, 2.05) is 25.1 Å². The lowest BCUT2D eigenvalue weighted by molar-refractivity contribution is -0.0512. The van der Waals surface area contributed by atoms with Crippen molar-refractivity contribution in [1.29, 1.82) is 0 Å². The third kappa shape index (κ3) is 6.59. The van der Waals surface area contributed by atoms with Crippen molar-refractivity contribution in [1.82, 2.24) is 14.9 Å². The molecule has 3 rings (SSSR count). The molecule has 1 aromatic heterocycles. The highest BCUT2D eigenvalue weighted by molar-refractivity contribution is 9.10. The second-order valence-electron chi connectivity index (χ2n) is 7.23. The van der Waals surface area contributed by atoms with Gasteiger partial charge in [0.05, 0.1) is 47.2 Å². The Bertz CT molecular complexity index is 1000. The molecule has 0 spiro atoms. The van der Waals surface area contributed by atoms with Crippen LogP contribution in [0, 0.1) is 0 Å². The second kappa shape index (κ2) is 11.9. The minimum Gasteiger partial charge on any atom is -0.504 e. The highest BCUT2D eigenvalue weighted by Gasteiger charge is 2.18. The summed E-state index contributed by atoms with van der Waals surface area (Å²) in [7, 11) is 3.65. The molecular formula is C22H25BrCl2N4O3. The van der Waals surface area contributed by atoms with Crippen LogP contribution < -0.4 is 5.32 Å². The average Bonchev–Trinajstić information content (AvgIpc) is 2.77. The summed E-state index contributed by atoms with van der Waals surface area (Å²) in [6, 6.07) is 3.63. The topological polar surface area (TPSA) is 68.7 Å². The number of aromatic nitrogens is 2. The van der Waals surface area contributed by atoms with Crippen molar-refractivity contribution in [3.8, 4) is 0 Å². The van der Waals surface area contributed by atoms with Gasteiger partial charge >= 0.3 is 0 Å². The third-order valence-electron chi connectivity index (χ3n) is 4.75. The largest absolute Gasteiger partial charge is 0.504 e. The van der Waals surface area contributed by atoms with E-state index in [0.717, 1.165) is 13.1 Å². The minimum absolute atomic E-state index is 0.0388. The molecule has 0 amide bonds. The molecule has 0 saturated carbocycles. The fourth-order valence-corrected chi connectivity index (χ4v) is 3.92. The molecule has 172 valence electrons. The van der Waals surface area contributed by atoms with Crippen LogP contribution in [0.2, 0.25) is 10.0 Å². The lowest BCUT2D eigenvalue weighted by Gasteiger charge is -2.29. The van der Waals surface area contributed by atoms with Crippen molar-refractivity contribution in [3.63, 3.8) is 0 Å². The maximum atomic E-state index is 6.40. The van der Waals surface area contributed by atoms with Crippen molar-refractivity contribution in [2.75, 3.05) is 45.8 Å². The molecule has 1 aliphatic heterocycles. The number of hydrogen-bond donors (Lipinski definition) is 1. The first-order valence-corrected chi connectivity index (χ1v) is 11.5. The molecule has 1 atom stereocenters. The van der Waals surface area contributed by atoms with Crippen molar-refractivity contribution < 1.29 is 14.2 Å². The van der Waals surface area contributed by atoms with Gasteiger partial charge in [-0.05, 0) is 48.1 Å². The number of methoxy groups -OCH3 is 1. The first-order chi connectivity index (χ1) is 15.4. The van der Waals surface area contributed by atoms with Crippen LogP contribution in [-0.2, 0) is 14.2 Å². The second-order valence-corrected chi connectivity index (χ2v) is 8.84. The Morgan fingerprint density at radius 2 is 2.16 bits per heavy atom. The SMILES string of the molecule is CO/C=C/c1c(/C=C(\C)OCC2CN(C)CCO2)ncnc1Nc1ccc(Br)c(Cl)c1Cl. The van der Waals surface area contributed by atoms with Gasteiger partial charge in [-0.1, -0.05) is 23.2 Å². The van der Waals surface area contributed by atoms with Crippen molar-refractivity contribution in [2.24, 2.45) is 0 Å². The van der Waals surface area contributed by atoms with Crippen LogP contribution in [0.3, 0.4) is 0 Å². The van der Waals surface area contributed by atoms with E-state index in [9.17, 15) is 0 Å². The average molecular weight is 544 g/mol. The van der Waals surface area contributed by atoms with E-state index in [-0.39, 0.29) is 6.10 Å². The van der Waals surface area contributed by atoms with Crippen LogP contribution >= 0.6 is 39.1 Å². The van der Waals surface area contributed by atoms with Crippen molar-refractivity contribution in [2.45, 2.75) is 13.0 Å². The van der Waals surface area contributed by atoms with Crippen LogP contribution in [-0.4, -0.2) is 61.4 Å². The van der Waals surface area contributed by atoms with Crippen LogP contribution in [0.4, 0.5) is 11.5 Å². The fraction of sp³-hybridized carbons (Fsp3) is 0.364. The van der Waals surface area contributed by atoms with Crippen LogP contribution in [0.1, 0.15) is 18.2 Å². The summed E-state index contributed by atoms with van der Waals surface area (Å²) >= 11 is 16.0. The summed E-state index contributed by atoms with van der Waals surface area (Å²) in [6.07, 6.45) is 6.69. The summed E-state index contributed by atoms with van der Waals surface area (Å²) in [5, 5.41) is 4.03. The molecule has 1 aliphatic rings. The fourth-order valence-electron chi connectivity index (χ4n) is 3.10. The van der Waals surface area contributed by atoms with Crippen LogP contribution in [0.15, 0.2) is 35.0 Å². The van der Waals surface area contributed by atoms with E-state index in [1.54, 1.807) is 19.4 Å². The Balaban J connectivity index is 1.83. The Morgan fingerprint density at radius 3 is 2.91 bits per heavy atom. The van der Waals surface area contributed by atoms with E-state index in [4.69, 9.17) is 37.4 Å². The molecule has 1 saturated heterocycles. The minimum atomic E-state index is 0.0388. The molecule has 1 fully saturated rings. The Kier molecular flexibility index (Phi) is 9.19. The molecular weight excluding hydrogens is 519 g/mol. The number of halogens is 3. The molecule has 32 heavy (non-hydrogen) atoms. The van der Waals surface area contributed by atoms with Crippen molar-refractivity contribution >= 4 is 62.8 Å². The number of ether oxygens (including phenoxy) is 3. The third-order valence-corrected chi connectivity index (χ3v) is 6.52. The number of hydrogen-bond acceptors (Lipinski definition) is 7. The van der Waals surface area contributed by atoms with E-state index >= 15 is 0 Å². The monoisotopic (exact) mass is 542 g/mol. The summed E-state index contributed by atoms with van der Waals surface area (Å²) in [6.45, 7) is 4.84. The van der Waals surface area contributed by atoms with Gasteiger partial charge in [0.15, 0.2) is 0 Å². The molecule has 10 heteroatoms. The highest BCUT2D eigenvalue weighted by Crippen LogP contribution is 2.37. The van der Waals surface area contributed by atoms with Gasteiger partial charge < -0.3 is 24.4 Å². The predicted octanol–water partition coefficient (Wildman–Crippen LogP) is 5.61. The van der Waals surface area contributed by atoms with Crippen LogP contribution in [0.5, 0.6) is 0 Å². The Labute approximate surface area is 206 Å². The standard InChI is InChI=1S/C22H25BrCl2N4O3/c1-14(32-12-15-11-29(2)7-9-31-15)10-19-16(6-8-30-3)22(27-13-26-19)28-18-5-4-17(23)20(24)21(18)25/h4-6,8,10,13,15H,7,9,11-12H2,1-3H3,(H,26,27,28)/b8-6+,14-10+. The molecule has 0 bridgehead atoms. The predicted molar refractivity (Wildman–Crippen MR) is 132 cm³/mol. The van der Waals surface area contributed by atoms with Gasteiger partial charge in [0.2, 0.25) is 0 Å². The highest BCUT2D eigenvalue weighted by atomic mass is 79.9. The number of nitrogens with one attached hydrogen (secondary N) is 1. The van der Waals surface area contributed by atoms with E-state index in [0.29, 0.717) is 56.3 Å². The van der Waals surface area contributed by atoms with Gasteiger partial charge in [-0.25, -0.2) is 9.97 Å². The summed E-state index contributed by atoms with van der Waals surface area (Å²) in [5.41, 5.74) is 1.99. The maximum Gasteiger partial charge on any atom is 0.141 e. The molecule has 2 heterocycles. The number of allylic oxidation sites excluding steroid dienone is 1. The zero-order valence-electron chi connectivity index (χ0n) is 18.1. The normalized spacial score (nSPS) is 17.6. The lowest BCUT2D eigenvalue weighted by atomic mass is 10.1. The maximum absolute atomic E-state index is 6.40. The number of likely N-dealkylation sites (N-methyl/N-ethyl adjacent to an activating group) is 1. The number of nitrogens with zero attached hydrogens (tertiary/aromatic N) is 3. The first-order valence-electron chi connectivity index (χ1n) is 9.95. The summed E-state index contributed by atoms with van der Waals surface area (Å²) < 4.78 is 17.5. The van der Waals surface area contributed by atoms with Gasteiger partial charge in [0, 0.05) is 29.2 Å². The van der Waals surface area contributed by atoms with Crippen molar-refractivity contribution in [3.05, 3.63) is 56.3 Å². The van der Waals surface area contributed by atoms with E-state index < -0.39 is 0 Å². The van der Waals surface area contributed by atoms with Gasteiger partial charge in [0.25, 0.3) is 0 Å². The first kappa shape index (κ1) is 24.8. The summed E-state index contributed by atoms with van der Waals surface area (Å²) in [5.74, 6) is 1.26. The molecule has 0 aliphatic carbocycles. The van der Waals surface area contributed by atoms with Gasteiger partial charge in [-0.2, -0.15) is 0 Å². The van der Waals surface area contributed by atoms with E-state index in [2.05, 4.69) is 43.2 Å². The van der Waals surface area contributed by atoms with E-state index in [1.165, 1.54) is 6.33 Å². The number of morpholine rings is 1. The summed E-state index contributed by atoms with van der Waals surface area (Å²) in [4.78, 5) is 11.0. The molecule has 7 nitrogen and oxygen atoms in total. The molecule has 1 aromatic carbocycles. The Morgan fingerprint density at radius 1 is 1.34 bits per heavy atom. The molecule has 1 N–H and O–H groups in total. The number of rotatable bonds is 8. The number of anilines is 2.